The molecule has 0 saturated carbocycles. The van der Waals surface area contributed by atoms with Gasteiger partial charge < -0.3 is 14.5 Å². The maximum absolute atomic E-state index is 12.3. The fourth-order valence-electron chi connectivity index (χ4n) is 2.85. The van der Waals surface area contributed by atoms with Crippen LogP contribution in [-0.2, 0) is 4.79 Å². The number of benzene rings is 3. The van der Waals surface area contributed by atoms with Gasteiger partial charge in [-0.25, -0.2) is 0 Å². The predicted octanol–water partition coefficient (Wildman–Crippen LogP) is 5.38. The van der Waals surface area contributed by atoms with Crippen LogP contribution in [-0.4, -0.2) is 22.7 Å². The van der Waals surface area contributed by atoms with Crippen molar-refractivity contribution in [3.05, 3.63) is 83.4 Å². The molecular formula is C23H18ClN3O3. The number of aromatic nitrogens is 2. The van der Waals surface area contributed by atoms with Crippen LogP contribution in [0.4, 0.5) is 5.69 Å². The van der Waals surface area contributed by atoms with E-state index >= 15 is 0 Å². The number of hydrogen-bond acceptors (Lipinski definition) is 5. The molecular weight excluding hydrogens is 402 g/mol. The molecule has 1 N–H and O–H groups in total. The molecule has 4 aromatic rings. The third kappa shape index (κ3) is 4.50. The fourth-order valence-corrected chi connectivity index (χ4v) is 3.13. The van der Waals surface area contributed by atoms with E-state index < -0.39 is 0 Å². The van der Waals surface area contributed by atoms with Crippen LogP contribution in [0.5, 0.6) is 5.75 Å². The van der Waals surface area contributed by atoms with Gasteiger partial charge in [-0.05, 0) is 48.9 Å². The van der Waals surface area contributed by atoms with Crippen molar-refractivity contribution in [2.45, 2.75) is 6.92 Å². The second-order valence-corrected chi connectivity index (χ2v) is 7.00. The Balaban J connectivity index is 1.47. The van der Waals surface area contributed by atoms with E-state index in [0.29, 0.717) is 33.8 Å². The molecule has 0 aliphatic rings. The van der Waals surface area contributed by atoms with Gasteiger partial charge in [0.2, 0.25) is 5.89 Å². The summed E-state index contributed by atoms with van der Waals surface area (Å²) in [5.41, 5.74) is 2.98. The van der Waals surface area contributed by atoms with Crippen molar-refractivity contribution in [3.63, 3.8) is 0 Å². The number of carbonyl (C=O) groups is 1. The maximum atomic E-state index is 12.3. The van der Waals surface area contributed by atoms with Crippen molar-refractivity contribution in [1.82, 2.24) is 10.2 Å². The van der Waals surface area contributed by atoms with E-state index in [1.165, 1.54) is 0 Å². The summed E-state index contributed by atoms with van der Waals surface area (Å²) in [6.45, 7) is 1.74. The van der Waals surface area contributed by atoms with Crippen LogP contribution in [0.15, 0.2) is 77.2 Å². The molecule has 30 heavy (non-hydrogen) atoms. The number of aryl methyl sites for hydroxylation is 1. The van der Waals surface area contributed by atoms with Crippen LogP contribution in [0.25, 0.3) is 22.9 Å². The average Bonchev–Trinajstić information content (AvgIpc) is 3.25. The van der Waals surface area contributed by atoms with Crippen LogP contribution in [0.3, 0.4) is 0 Å². The number of ether oxygens (including phenoxy) is 1. The van der Waals surface area contributed by atoms with E-state index in [2.05, 4.69) is 15.5 Å². The van der Waals surface area contributed by atoms with Crippen LogP contribution >= 0.6 is 11.6 Å². The van der Waals surface area contributed by atoms with Crippen LogP contribution in [0.2, 0.25) is 5.02 Å². The first kappa shape index (κ1) is 19.7. The summed E-state index contributed by atoms with van der Waals surface area (Å²) < 4.78 is 11.5. The lowest BCUT2D eigenvalue weighted by Gasteiger charge is -2.11. The summed E-state index contributed by atoms with van der Waals surface area (Å²) in [5.74, 6) is 0.857. The molecule has 1 aromatic heterocycles. The Bertz CT molecular complexity index is 1180. The molecule has 1 amide bonds. The van der Waals surface area contributed by atoms with Gasteiger partial charge in [-0.15, -0.1) is 10.2 Å². The Labute approximate surface area is 178 Å². The SMILES string of the molecule is Cc1ccc(NC(=O)COc2ccccc2-c2nnc(-c3ccccc3)o2)c(Cl)c1. The topological polar surface area (TPSA) is 77.2 Å². The number of nitrogens with zero attached hydrogens (tertiary/aromatic N) is 2. The van der Waals surface area contributed by atoms with Gasteiger partial charge in [0.1, 0.15) is 5.75 Å². The molecule has 4 rings (SSSR count). The van der Waals surface area contributed by atoms with Gasteiger partial charge in [-0.2, -0.15) is 0 Å². The molecule has 0 aliphatic carbocycles. The zero-order chi connectivity index (χ0) is 20.9. The molecule has 3 aromatic carbocycles. The van der Waals surface area contributed by atoms with Gasteiger partial charge >= 0.3 is 0 Å². The molecule has 0 radical (unpaired) electrons. The second-order valence-electron chi connectivity index (χ2n) is 6.59. The first-order chi connectivity index (χ1) is 14.6. The Hall–Kier alpha value is -3.64. The highest BCUT2D eigenvalue weighted by Crippen LogP contribution is 2.31. The lowest BCUT2D eigenvalue weighted by atomic mass is 10.2. The summed E-state index contributed by atoms with van der Waals surface area (Å²) in [5, 5.41) is 11.4. The molecule has 7 heteroatoms. The molecule has 0 atom stereocenters. The molecule has 1 heterocycles. The van der Waals surface area contributed by atoms with Crippen LogP contribution in [0, 0.1) is 6.92 Å². The highest BCUT2D eigenvalue weighted by atomic mass is 35.5. The van der Waals surface area contributed by atoms with Crippen molar-refractivity contribution in [2.75, 3.05) is 11.9 Å². The van der Waals surface area contributed by atoms with Crippen LogP contribution < -0.4 is 10.1 Å². The first-order valence-electron chi connectivity index (χ1n) is 9.27. The summed E-state index contributed by atoms with van der Waals surface area (Å²) in [6, 6.07) is 22.1. The zero-order valence-corrected chi connectivity index (χ0v) is 16.9. The number of halogens is 1. The van der Waals surface area contributed by atoms with Gasteiger partial charge in [0.25, 0.3) is 11.8 Å². The minimum Gasteiger partial charge on any atom is -0.483 e. The van der Waals surface area contributed by atoms with Gasteiger partial charge in [0.15, 0.2) is 6.61 Å². The number of rotatable bonds is 6. The van der Waals surface area contributed by atoms with E-state index in [1.54, 1.807) is 24.3 Å². The minimum atomic E-state index is -0.328. The normalized spacial score (nSPS) is 10.6. The highest BCUT2D eigenvalue weighted by Gasteiger charge is 2.15. The number of para-hydroxylation sites is 1. The van der Waals surface area contributed by atoms with Crippen molar-refractivity contribution in [3.8, 4) is 28.7 Å². The predicted molar refractivity (Wildman–Crippen MR) is 115 cm³/mol. The monoisotopic (exact) mass is 419 g/mol. The van der Waals surface area contributed by atoms with E-state index in [4.69, 9.17) is 20.8 Å². The number of anilines is 1. The highest BCUT2D eigenvalue weighted by molar-refractivity contribution is 6.33. The summed E-state index contributed by atoms with van der Waals surface area (Å²) in [6.07, 6.45) is 0. The summed E-state index contributed by atoms with van der Waals surface area (Å²) in [7, 11) is 0. The first-order valence-corrected chi connectivity index (χ1v) is 9.65. The van der Waals surface area contributed by atoms with Gasteiger partial charge in [0, 0.05) is 5.56 Å². The zero-order valence-electron chi connectivity index (χ0n) is 16.1. The van der Waals surface area contributed by atoms with Gasteiger partial charge in [-0.1, -0.05) is 48.0 Å². The van der Waals surface area contributed by atoms with Crippen molar-refractivity contribution < 1.29 is 13.9 Å². The van der Waals surface area contributed by atoms with E-state index in [1.807, 2.05) is 55.5 Å². The van der Waals surface area contributed by atoms with Crippen LogP contribution in [0.1, 0.15) is 5.56 Å². The number of amides is 1. The molecule has 0 spiro atoms. The Morgan fingerprint density at radius 3 is 2.53 bits per heavy atom. The number of carbonyl (C=O) groups excluding carboxylic acids is 1. The van der Waals surface area contributed by atoms with E-state index in [0.717, 1.165) is 11.1 Å². The summed E-state index contributed by atoms with van der Waals surface area (Å²) in [4.78, 5) is 12.3. The van der Waals surface area contributed by atoms with E-state index in [9.17, 15) is 4.79 Å². The quantitative estimate of drug-likeness (QED) is 0.453. The second kappa shape index (κ2) is 8.80. The van der Waals surface area contributed by atoms with Crippen molar-refractivity contribution in [2.24, 2.45) is 0 Å². The largest absolute Gasteiger partial charge is 0.483 e. The molecule has 0 unspecified atom stereocenters. The van der Waals surface area contributed by atoms with Gasteiger partial charge in [0.05, 0.1) is 16.3 Å². The molecule has 0 bridgehead atoms. The smallest absolute Gasteiger partial charge is 0.262 e. The number of hydrogen-bond donors (Lipinski definition) is 1. The third-order valence-corrected chi connectivity index (χ3v) is 4.63. The lowest BCUT2D eigenvalue weighted by Crippen LogP contribution is -2.20. The standard InChI is InChI=1S/C23H18ClN3O3/c1-15-11-12-19(18(24)13-15)25-21(28)14-29-20-10-6-5-9-17(20)23-27-26-22(30-23)16-7-3-2-4-8-16/h2-13H,14H2,1H3,(H,25,28). The van der Waals surface area contributed by atoms with E-state index in [-0.39, 0.29) is 12.5 Å². The average molecular weight is 420 g/mol. The molecule has 0 saturated heterocycles. The number of nitrogens with one attached hydrogen (secondary N) is 1. The summed E-state index contributed by atoms with van der Waals surface area (Å²) >= 11 is 6.17. The lowest BCUT2D eigenvalue weighted by molar-refractivity contribution is -0.118. The fraction of sp³-hybridized carbons (Fsp3) is 0.0870. The minimum absolute atomic E-state index is 0.194. The molecule has 0 aliphatic heterocycles. The van der Waals surface area contributed by atoms with Crippen molar-refractivity contribution in [1.29, 1.82) is 0 Å². The maximum Gasteiger partial charge on any atom is 0.262 e. The Morgan fingerprint density at radius 1 is 1.00 bits per heavy atom. The molecule has 0 fully saturated rings. The molecule has 150 valence electrons. The third-order valence-electron chi connectivity index (χ3n) is 4.32. The van der Waals surface area contributed by atoms with Gasteiger partial charge in [-0.3, -0.25) is 4.79 Å². The Morgan fingerprint density at radius 2 is 1.73 bits per heavy atom. The Kier molecular flexibility index (Phi) is 5.77. The molecule has 6 nitrogen and oxygen atoms in total. The van der Waals surface area contributed by atoms with Crippen molar-refractivity contribution >= 4 is 23.2 Å².